The van der Waals surface area contributed by atoms with Gasteiger partial charge in [-0.1, -0.05) is 115 Å². The van der Waals surface area contributed by atoms with E-state index in [-0.39, 0.29) is 16.9 Å². The standard InChI is InChI=1S/C25H21N3OS.C24H19N3O2S/c1-16-11-13-18(14-12-16)21-17(2)27(3)24-22(20-10-7-15-30-20)23(26-28(24)25(21)29)19-8-5-4-6-9-19;1-15-20(16-10-12-18(28)13-11-16)24(29)27-23(26(15)2)21(19-9-6-14-30-19)22(25-27)17-7-4-3-5-8-17/h4-15H,1-3H3;3-14,28H,1-2H3. The van der Waals surface area contributed by atoms with E-state index < -0.39 is 0 Å². The summed E-state index contributed by atoms with van der Waals surface area (Å²) < 4.78 is 7.19. The van der Waals surface area contributed by atoms with E-state index in [2.05, 4.69) is 22.1 Å². The van der Waals surface area contributed by atoms with Crippen molar-refractivity contribution in [3.8, 4) is 71.4 Å². The lowest BCUT2D eigenvalue weighted by molar-refractivity contribution is 0.475. The fourth-order valence-corrected chi connectivity index (χ4v) is 9.33. The maximum atomic E-state index is 13.6. The predicted molar refractivity (Wildman–Crippen MR) is 245 cm³/mol. The molecule has 9 nitrogen and oxygen atoms in total. The molecule has 0 aliphatic rings. The first-order chi connectivity index (χ1) is 29.1. The molecule has 11 heteroatoms. The number of rotatable bonds is 6. The molecule has 0 bridgehead atoms. The third-order valence-electron chi connectivity index (χ3n) is 11.0. The van der Waals surface area contributed by atoms with Gasteiger partial charge >= 0.3 is 0 Å². The van der Waals surface area contributed by atoms with Gasteiger partial charge in [-0.05, 0) is 66.9 Å². The SMILES string of the molecule is Cc1c(-c2ccc(O)cc2)c(=O)n2nc(-c3ccccc3)c(-c3cccs3)c2n1C.Cc1ccc(-c2c(C)n(C)c3c(-c4cccs4)c(-c4ccccc4)nn3c2=O)cc1. The highest BCUT2D eigenvalue weighted by Crippen LogP contribution is 2.39. The Morgan fingerprint density at radius 2 is 0.867 bits per heavy atom. The fourth-order valence-electron chi connectivity index (χ4n) is 7.80. The molecule has 1 N–H and O–H groups in total. The Bertz CT molecular complexity index is 3050. The molecule has 6 heterocycles. The van der Waals surface area contributed by atoms with Crippen LogP contribution in [0.2, 0.25) is 0 Å². The van der Waals surface area contributed by atoms with Crippen LogP contribution in [0, 0.1) is 20.8 Å². The molecule has 0 saturated heterocycles. The Labute approximate surface area is 354 Å². The van der Waals surface area contributed by atoms with Gasteiger partial charge in [-0.2, -0.15) is 19.2 Å². The Balaban J connectivity index is 0.000000154. The zero-order chi connectivity index (χ0) is 41.7. The first-order valence-corrected chi connectivity index (χ1v) is 21.2. The van der Waals surface area contributed by atoms with Crippen LogP contribution in [0.25, 0.3) is 76.9 Å². The van der Waals surface area contributed by atoms with Gasteiger partial charge in [0.1, 0.15) is 28.4 Å². The number of hydrogen-bond donors (Lipinski definition) is 1. The van der Waals surface area contributed by atoms with Crippen molar-refractivity contribution in [3.05, 3.63) is 182 Å². The minimum absolute atomic E-state index is 0.0931. The highest BCUT2D eigenvalue weighted by Gasteiger charge is 2.25. The van der Waals surface area contributed by atoms with Crippen LogP contribution in [0.4, 0.5) is 0 Å². The number of fused-ring (bicyclic) bond motifs is 2. The molecule has 0 radical (unpaired) electrons. The third-order valence-corrected chi connectivity index (χ3v) is 12.8. The van der Waals surface area contributed by atoms with Gasteiger partial charge in [-0.25, -0.2) is 0 Å². The summed E-state index contributed by atoms with van der Waals surface area (Å²) in [7, 11) is 3.97. The number of aromatic nitrogens is 6. The zero-order valence-electron chi connectivity index (χ0n) is 33.6. The van der Waals surface area contributed by atoms with Crippen molar-refractivity contribution < 1.29 is 5.11 Å². The van der Waals surface area contributed by atoms with Crippen LogP contribution >= 0.6 is 22.7 Å². The maximum Gasteiger partial charge on any atom is 0.282 e. The first-order valence-electron chi connectivity index (χ1n) is 19.4. The van der Waals surface area contributed by atoms with Crippen LogP contribution < -0.4 is 11.1 Å². The molecule has 60 heavy (non-hydrogen) atoms. The highest BCUT2D eigenvalue weighted by atomic mass is 32.1. The lowest BCUT2D eigenvalue weighted by Crippen LogP contribution is -2.22. The largest absolute Gasteiger partial charge is 0.508 e. The van der Waals surface area contributed by atoms with Gasteiger partial charge in [0.15, 0.2) is 0 Å². The molecule has 0 aliphatic carbocycles. The average Bonchev–Trinajstić information content (AvgIpc) is 4.11. The van der Waals surface area contributed by atoms with Crippen molar-refractivity contribution in [1.82, 2.24) is 28.4 Å². The number of phenolic OH excluding ortho intramolecular Hbond substituents is 1. The Kier molecular flexibility index (Phi) is 9.99. The van der Waals surface area contributed by atoms with Gasteiger partial charge in [0.2, 0.25) is 0 Å². The van der Waals surface area contributed by atoms with Crippen molar-refractivity contribution in [3.63, 3.8) is 0 Å². The van der Waals surface area contributed by atoms with Gasteiger partial charge in [-0.3, -0.25) is 9.59 Å². The summed E-state index contributed by atoms with van der Waals surface area (Å²) in [6.45, 7) is 5.99. The molecule has 0 unspecified atom stereocenters. The van der Waals surface area contributed by atoms with Gasteiger partial charge in [0.05, 0.1) is 22.3 Å². The summed E-state index contributed by atoms with van der Waals surface area (Å²) >= 11 is 3.29. The average molecular weight is 825 g/mol. The number of hydrogen-bond acceptors (Lipinski definition) is 7. The summed E-state index contributed by atoms with van der Waals surface area (Å²) in [5.41, 5.74) is 12.7. The van der Waals surface area contributed by atoms with E-state index in [1.807, 2.05) is 142 Å². The molecule has 6 aromatic heterocycles. The molecule has 0 amide bonds. The van der Waals surface area contributed by atoms with Crippen molar-refractivity contribution in [2.24, 2.45) is 14.1 Å². The number of aromatic hydroxyl groups is 1. The van der Waals surface area contributed by atoms with E-state index in [1.165, 1.54) is 10.1 Å². The van der Waals surface area contributed by atoms with Crippen LogP contribution in [-0.2, 0) is 14.1 Å². The van der Waals surface area contributed by atoms with Crippen molar-refractivity contribution in [2.45, 2.75) is 20.8 Å². The second-order valence-electron chi connectivity index (χ2n) is 14.7. The van der Waals surface area contributed by atoms with Crippen molar-refractivity contribution >= 4 is 34.0 Å². The minimum Gasteiger partial charge on any atom is -0.508 e. The molecule has 0 fully saturated rings. The normalized spacial score (nSPS) is 11.3. The summed E-state index contributed by atoms with van der Waals surface area (Å²) in [6.07, 6.45) is 0. The van der Waals surface area contributed by atoms with E-state index >= 15 is 0 Å². The molecular formula is C49H40N6O3S2. The highest BCUT2D eigenvalue weighted by molar-refractivity contribution is 7.14. The van der Waals surface area contributed by atoms with Gasteiger partial charge in [0, 0.05) is 46.4 Å². The lowest BCUT2D eigenvalue weighted by atomic mass is 10.0. The molecule has 4 aromatic carbocycles. The second kappa shape index (κ2) is 15.6. The zero-order valence-corrected chi connectivity index (χ0v) is 35.3. The Morgan fingerprint density at radius 1 is 0.467 bits per heavy atom. The summed E-state index contributed by atoms with van der Waals surface area (Å²) in [5, 5.41) is 23.3. The molecule has 0 atom stereocenters. The topological polar surface area (TPSA) is 98.8 Å². The number of phenols is 1. The van der Waals surface area contributed by atoms with Crippen LogP contribution in [0.1, 0.15) is 17.0 Å². The van der Waals surface area contributed by atoms with Gasteiger partial charge in [0.25, 0.3) is 11.1 Å². The molecule has 0 aliphatic heterocycles. The monoisotopic (exact) mass is 824 g/mol. The first kappa shape index (κ1) is 38.4. The Hall–Kier alpha value is -7.08. The molecule has 10 aromatic rings. The number of thiophene rings is 2. The maximum absolute atomic E-state index is 13.6. The number of benzene rings is 4. The van der Waals surface area contributed by atoms with E-state index in [0.29, 0.717) is 11.1 Å². The summed E-state index contributed by atoms with van der Waals surface area (Å²) in [6, 6.07) is 43.0. The van der Waals surface area contributed by atoms with Crippen LogP contribution in [0.5, 0.6) is 5.75 Å². The van der Waals surface area contributed by atoms with Crippen molar-refractivity contribution in [2.75, 3.05) is 0 Å². The van der Waals surface area contributed by atoms with Gasteiger partial charge in [-0.15, -0.1) is 22.7 Å². The van der Waals surface area contributed by atoms with Crippen LogP contribution in [0.15, 0.2) is 154 Å². The predicted octanol–water partition coefficient (Wildman–Crippen LogP) is 10.8. The quantitative estimate of drug-likeness (QED) is 0.180. The lowest BCUT2D eigenvalue weighted by Gasteiger charge is -2.14. The van der Waals surface area contributed by atoms with E-state index in [9.17, 15) is 14.7 Å². The van der Waals surface area contributed by atoms with Crippen LogP contribution in [0.3, 0.4) is 0 Å². The van der Waals surface area contributed by atoms with E-state index in [0.717, 1.165) is 77.2 Å². The molecular weight excluding hydrogens is 785 g/mol. The van der Waals surface area contributed by atoms with E-state index in [1.54, 1.807) is 51.5 Å². The minimum atomic E-state index is -0.175. The number of aryl methyl sites for hydroxylation is 3. The second-order valence-corrected chi connectivity index (χ2v) is 16.6. The molecule has 0 spiro atoms. The molecule has 296 valence electrons. The number of nitrogens with zero attached hydrogens (tertiary/aromatic N) is 6. The summed E-state index contributed by atoms with van der Waals surface area (Å²) in [5.74, 6) is 0.166. The fraction of sp³-hybridized carbons (Fsp3) is 0.102. The van der Waals surface area contributed by atoms with Crippen LogP contribution in [-0.4, -0.2) is 33.5 Å². The van der Waals surface area contributed by atoms with Crippen molar-refractivity contribution in [1.29, 1.82) is 0 Å². The van der Waals surface area contributed by atoms with E-state index in [4.69, 9.17) is 10.2 Å². The molecule has 0 saturated carbocycles. The smallest absolute Gasteiger partial charge is 0.282 e. The summed E-state index contributed by atoms with van der Waals surface area (Å²) in [4.78, 5) is 29.4. The van der Waals surface area contributed by atoms with Gasteiger partial charge < -0.3 is 14.2 Å². The molecule has 10 rings (SSSR count). The Morgan fingerprint density at radius 3 is 1.25 bits per heavy atom. The third kappa shape index (κ3) is 6.58.